The second kappa shape index (κ2) is 7.40. The molecule has 2 aromatic rings. The maximum Gasteiger partial charge on any atom is 0.257 e. The minimum absolute atomic E-state index is 0. The highest BCUT2D eigenvalue weighted by atomic mass is 35.5. The molecule has 5 nitrogen and oxygen atoms in total. The third-order valence-corrected chi connectivity index (χ3v) is 2.92. The van der Waals surface area contributed by atoms with E-state index in [0.717, 1.165) is 16.9 Å². The lowest BCUT2D eigenvalue weighted by molar-refractivity contribution is 0.122. The summed E-state index contributed by atoms with van der Waals surface area (Å²) in [5.74, 6) is 0.806. The van der Waals surface area contributed by atoms with Crippen molar-refractivity contribution in [2.24, 2.45) is 0 Å². The fourth-order valence-electron chi connectivity index (χ4n) is 1.85. The Morgan fingerprint density at radius 3 is 2.57 bits per heavy atom. The summed E-state index contributed by atoms with van der Waals surface area (Å²) in [4.78, 5) is 0. The van der Waals surface area contributed by atoms with Gasteiger partial charge in [0.25, 0.3) is 6.43 Å². The molecule has 0 atom stereocenters. The summed E-state index contributed by atoms with van der Waals surface area (Å²) < 4.78 is 27.6. The first-order valence-electron chi connectivity index (χ1n) is 6.55. The van der Waals surface area contributed by atoms with Crippen LogP contribution in [0, 0.1) is 6.92 Å². The van der Waals surface area contributed by atoms with Gasteiger partial charge in [0.1, 0.15) is 6.54 Å². The molecule has 0 saturated heterocycles. The minimum atomic E-state index is -2.39. The second-order valence-corrected chi connectivity index (χ2v) is 5.05. The van der Waals surface area contributed by atoms with E-state index in [4.69, 9.17) is 0 Å². The first-order chi connectivity index (χ1) is 9.45. The van der Waals surface area contributed by atoms with Crippen molar-refractivity contribution in [1.29, 1.82) is 0 Å². The monoisotopic (exact) mass is 319 g/mol. The Balaban J connectivity index is 0.00000220. The number of hydrogen-bond donors (Lipinski definition) is 1. The van der Waals surface area contributed by atoms with Gasteiger partial charge in [-0.2, -0.15) is 10.2 Å². The Bertz CT molecular complexity index is 565. The van der Waals surface area contributed by atoms with Crippen molar-refractivity contribution in [3.63, 3.8) is 0 Å². The molecule has 0 fully saturated rings. The molecule has 0 aliphatic carbocycles. The predicted molar refractivity (Wildman–Crippen MR) is 80.2 cm³/mol. The fourth-order valence-corrected chi connectivity index (χ4v) is 1.85. The Morgan fingerprint density at radius 1 is 1.29 bits per heavy atom. The van der Waals surface area contributed by atoms with Crippen molar-refractivity contribution in [3.8, 4) is 0 Å². The molecular weight excluding hydrogens is 300 g/mol. The minimum Gasteiger partial charge on any atom is -0.364 e. The van der Waals surface area contributed by atoms with Gasteiger partial charge < -0.3 is 5.32 Å². The first kappa shape index (κ1) is 17.4. The van der Waals surface area contributed by atoms with Gasteiger partial charge >= 0.3 is 0 Å². The lowest BCUT2D eigenvalue weighted by atomic mass is 10.3. The van der Waals surface area contributed by atoms with Gasteiger partial charge in [0.15, 0.2) is 5.82 Å². The fraction of sp³-hybridized carbons (Fsp3) is 0.538. The van der Waals surface area contributed by atoms with Gasteiger partial charge in [-0.15, -0.1) is 12.4 Å². The number of rotatable bonds is 6. The van der Waals surface area contributed by atoms with E-state index in [1.54, 1.807) is 12.4 Å². The average Bonchev–Trinajstić information content (AvgIpc) is 2.93. The maximum atomic E-state index is 12.2. The van der Waals surface area contributed by atoms with E-state index in [1.807, 2.05) is 17.8 Å². The summed E-state index contributed by atoms with van der Waals surface area (Å²) in [6, 6.07) is 0.304. The van der Waals surface area contributed by atoms with E-state index in [2.05, 4.69) is 29.4 Å². The van der Waals surface area contributed by atoms with Gasteiger partial charge in [-0.25, -0.2) is 8.78 Å². The van der Waals surface area contributed by atoms with Crippen LogP contribution in [0.3, 0.4) is 0 Å². The third kappa shape index (κ3) is 4.70. The number of aryl methyl sites for hydroxylation is 1. The van der Waals surface area contributed by atoms with Gasteiger partial charge in [-0.1, -0.05) is 0 Å². The van der Waals surface area contributed by atoms with Crippen LogP contribution in [0.1, 0.15) is 31.0 Å². The number of anilines is 1. The highest BCUT2D eigenvalue weighted by Crippen LogP contribution is 2.15. The van der Waals surface area contributed by atoms with E-state index in [9.17, 15) is 8.78 Å². The summed E-state index contributed by atoms with van der Waals surface area (Å²) in [7, 11) is 0. The van der Waals surface area contributed by atoms with E-state index in [1.165, 1.54) is 4.68 Å². The van der Waals surface area contributed by atoms with Gasteiger partial charge in [0.2, 0.25) is 0 Å². The van der Waals surface area contributed by atoms with E-state index < -0.39 is 6.43 Å². The molecule has 2 rings (SSSR count). The number of aromatic nitrogens is 4. The van der Waals surface area contributed by atoms with Crippen molar-refractivity contribution >= 4 is 18.2 Å². The standard InChI is InChI=1S/C13H19F2N5.ClH/c1-9(2)20-6-10(3)13(18-20)16-4-11-5-17-19(7-11)8-12(14)15;/h5-7,9,12H,4,8H2,1-3H3,(H,16,18);1H. The average molecular weight is 320 g/mol. The molecule has 1 N–H and O–H groups in total. The number of hydrogen-bond acceptors (Lipinski definition) is 3. The maximum absolute atomic E-state index is 12.2. The van der Waals surface area contributed by atoms with Crippen LogP contribution in [-0.2, 0) is 13.1 Å². The number of nitrogens with one attached hydrogen (secondary N) is 1. The van der Waals surface area contributed by atoms with Crippen LogP contribution in [0.25, 0.3) is 0 Å². The van der Waals surface area contributed by atoms with Crippen molar-refractivity contribution in [2.75, 3.05) is 5.32 Å². The molecule has 0 saturated carbocycles. The van der Waals surface area contributed by atoms with Crippen LogP contribution < -0.4 is 5.32 Å². The van der Waals surface area contributed by atoms with Gasteiger partial charge in [-0.05, 0) is 20.8 Å². The Morgan fingerprint density at radius 2 is 2.00 bits per heavy atom. The van der Waals surface area contributed by atoms with Crippen LogP contribution in [-0.4, -0.2) is 26.0 Å². The van der Waals surface area contributed by atoms with Crippen molar-refractivity contribution in [2.45, 2.75) is 46.3 Å². The topological polar surface area (TPSA) is 47.7 Å². The third-order valence-electron chi connectivity index (χ3n) is 2.92. The lowest BCUT2D eigenvalue weighted by Crippen LogP contribution is -2.07. The molecule has 0 bridgehead atoms. The smallest absolute Gasteiger partial charge is 0.257 e. The van der Waals surface area contributed by atoms with Crippen molar-refractivity contribution in [1.82, 2.24) is 19.6 Å². The van der Waals surface area contributed by atoms with E-state index >= 15 is 0 Å². The Kier molecular flexibility index (Phi) is 6.14. The molecule has 0 aliphatic rings. The van der Waals surface area contributed by atoms with Gasteiger partial charge in [-0.3, -0.25) is 9.36 Å². The first-order valence-corrected chi connectivity index (χ1v) is 6.55. The molecular formula is C13H20ClF2N5. The number of alkyl halides is 2. The molecule has 8 heteroatoms. The molecule has 0 amide bonds. The van der Waals surface area contributed by atoms with Crippen LogP contribution in [0.4, 0.5) is 14.6 Å². The summed E-state index contributed by atoms with van der Waals surface area (Å²) in [6.45, 7) is 6.24. The number of halogens is 3. The molecule has 118 valence electrons. The van der Waals surface area contributed by atoms with Crippen LogP contribution in [0.5, 0.6) is 0 Å². The normalized spacial score (nSPS) is 11.0. The molecule has 0 aromatic carbocycles. The highest BCUT2D eigenvalue weighted by molar-refractivity contribution is 5.85. The van der Waals surface area contributed by atoms with E-state index in [-0.39, 0.29) is 19.0 Å². The quantitative estimate of drug-likeness (QED) is 0.889. The van der Waals surface area contributed by atoms with E-state index in [0.29, 0.717) is 12.6 Å². The van der Waals surface area contributed by atoms with Crippen molar-refractivity contribution < 1.29 is 8.78 Å². The predicted octanol–water partition coefficient (Wildman–Crippen LogP) is 3.27. The molecule has 2 heterocycles. The zero-order valence-electron chi connectivity index (χ0n) is 12.3. The zero-order valence-corrected chi connectivity index (χ0v) is 13.1. The van der Waals surface area contributed by atoms with Gasteiger partial charge in [0.05, 0.1) is 6.20 Å². The van der Waals surface area contributed by atoms with Crippen LogP contribution >= 0.6 is 12.4 Å². The zero-order chi connectivity index (χ0) is 14.7. The molecule has 0 radical (unpaired) electrons. The Labute approximate surface area is 128 Å². The van der Waals surface area contributed by atoms with Crippen LogP contribution in [0.2, 0.25) is 0 Å². The number of nitrogens with zero attached hydrogens (tertiary/aromatic N) is 4. The molecule has 0 aliphatic heterocycles. The summed E-state index contributed by atoms with van der Waals surface area (Å²) in [5, 5.41) is 11.5. The lowest BCUT2D eigenvalue weighted by Gasteiger charge is -2.04. The SMILES string of the molecule is Cc1cn(C(C)C)nc1NCc1cnn(CC(F)F)c1.Cl. The largest absolute Gasteiger partial charge is 0.364 e. The molecule has 21 heavy (non-hydrogen) atoms. The summed E-state index contributed by atoms with van der Waals surface area (Å²) >= 11 is 0. The van der Waals surface area contributed by atoms with Crippen molar-refractivity contribution in [3.05, 3.63) is 29.7 Å². The summed E-state index contributed by atoms with van der Waals surface area (Å²) in [6.07, 6.45) is 2.80. The second-order valence-electron chi connectivity index (χ2n) is 5.05. The molecule has 0 spiro atoms. The highest BCUT2D eigenvalue weighted by Gasteiger charge is 2.08. The molecule has 0 unspecified atom stereocenters. The Hall–Kier alpha value is -1.63. The molecule has 2 aromatic heterocycles. The summed E-state index contributed by atoms with van der Waals surface area (Å²) in [5.41, 5.74) is 1.91. The van der Waals surface area contributed by atoms with Crippen LogP contribution in [0.15, 0.2) is 18.6 Å². The van der Waals surface area contributed by atoms with Gasteiger partial charge in [0, 0.05) is 36.1 Å².